The molecule has 2 aliphatic rings. The third-order valence-electron chi connectivity index (χ3n) is 5.32. The zero-order chi connectivity index (χ0) is 15.6. The Morgan fingerprint density at radius 1 is 1.09 bits per heavy atom. The van der Waals surface area contributed by atoms with Crippen LogP contribution in [0.25, 0.3) is 0 Å². The van der Waals surface area contributed by atoms with Crippen LogP contribution in [0.15, 0.2) is 18.2 Å². The molecule has 3 rings (SSSR count). The average Bonchev–Trinajstić information content (AvgIpc) is 2.92. The lowest BCUT2D eigenvalue weighted by atomic mass is 10.0. The van der Waals surface area contributed by atoms with Gasteiger partial charge in [-0.05, 0) is 18.2 Å². The van der Waals surface area contributed by atoms with Gasteiger partial charge in [-0.1, -0.05) is 23.2 Å². The summed E-state index contributed by atoms with van der Waals surface area (Å²) in [5.74, 6) is 0.637. The highest BCUT2D eigenvalue weighted by Crippen LogP contribution is 2.35. The molecule has 2 aliphatic heterocycles. The Hall–Kier alpha value is -0.320. The van der Waals surface area contributed by atoms with Gasteiger partial charge in [0.1, 0.15) is 6.54 Å². The molecular formula is C17H25Cl2N2O+. The third-order valence-corrected chi connectivity index (χ3v) is 5.76. The molecule has 2 N–H and O–H groups in total. The minimum absolute atomic E-state index is 0.637. The third kappa shape index (κ3) is 3.60. The van der Waals surface area contributed by atoms with Crippen LogP contribution in [0.3, 0.4) is 0 Å². The van der Waals surface area contributed by atoms with E-state index in [1.54, 1.807) is 6.07 Å². The molecule has 0 radical (unpaired) electrons. The molecule has 2 fully saturated rings. The van der Waals surface area contributed by atoms with E-state index in [0.29, 0.717) is 12.0 Å². The van der Waals surface area contributed by atoms with E-state index in [1.807, 2.05) is 0 Å². The number of quaternary nitrogens is 1. The molecule has 5 heteroatoms. The van der Waals surface area contributed by atoms with Crippen LogP contribution in [0.1, 0.15) is 24.8 Å². The van der Waals surface area contributed by atoms with Gasteiger partial charge in [0.2, 0.25) is 0 Å². The Bertz CT molecular complexity index is 499. The van der Waals surface area contributed by atoms with E-state index in [4.69, 9.17) is 33.7 Å². The van der Waals surface area contributed by atoms with Gasteiger partial charge in [0.15, 0.2) is 0 Å². The second-order valence-corrected chi connectivity index (χ2v) is 7.67. The van der Waals surface area contributed by atoms with E-state index in [0.717, 1.165) is 53.7 Å². The van der Waals surface area contributed by atoms with Crippen molar-refractivity contribution in [2.75, 3.05) is 32.8 Å². The molecule has 22 heavy (non-hydrogen) atoms. The maximum Gasteiger partial charge on any atom is 0.105 e. The largest absolute Gasteiger partial charge is 0.381 e. The number of nitrogens with zero attached hydrogens (tertiary/aromatic N) is 1. The minimum Gasteiger partial charge on any atom is -0.381 e. The lowest BCUT2D eigenvalue weighted by Gasteiger charge is -2.44. The normalized spacial score (nSPS) is 29.9. The predicted octanol–water partition coefficient (Wildman–Crippen LogP) is 3.47. The molecule has 1 aromatic rings. The van der Waals surface area contributed by atoms with Crippen molar-refractivity contribution in [3.8, 4) is 0 Å². The first-order chi connectivity index (χ1) is 10.6. The van der Waals surface area contributed by atoms with Gasteiger partial charge in [0.25, 0.3) is 0 Å². The van der Waals surface area contributed by atoms with E-state index in [9.17, 15) is 0 Å². The van der Waals surface area contributed by atoms with Crippen LogP contribution in [0.5, 0.6) is 0 Å². The van der Waals surface area contributed by atoms with Gasteiger partial charge >= 0.3 is 0 Å². The number of hydrogen-bond acceptors (Lipinski definition) is 2. The van der Waals surface area contributed by atoms with E-state index < -0.39 is 0 Å². The van der Waals surface area contributed by atoms with Crippen molar-refractivity contribution in [2.24, 2.45) is 11.7 Å². The fraction of sp³-hybridized carbons (Fsp3) is 0.647. The number of halogens is 2. The monoisotopic (exact) mass is 343 g/mol. The van der Waals surface area contributed by atoms with Gasteiger partial charge in [0.05, 0.1) is 32.3 Å². The molecule has 1 aromatic carbocycles. The summed E-state index contributed by atoms with van der Waals surface area (Å²) in [5, 5.41) is 1.45. The van der Waals surface area contributed by atoms with Crippen molar-refractivity contribution in [1.82, 2.24) is 0 Å². The quantitative estimate of drug-likeness (QED) is 0.849. The second kappa shape index (κ2) is 7.06. The van der Waals surface area contributed by atoms with Crippen LogP contribution in [-0.2, 0) is 11.3 Å². The molecular weight excluding hydrogens is 319 g/mol. The Kier molecular flexibility index (Phi) is 5.31. The summed E-state index contributed by atoms with van der Waals surface area (Å²) in [6.07, 6.45) is 3.51. The van der Waals surface area contributed by atoms with E-state index in [-0.39, 0.29) is 0 Å². The molecule has 1 unspecified atom stereocenters. The van der Waals surface area contributed by atoms with E-state index in [1.165, 1.54) is 25.1 Å². The molecule has 122 valence electrons. The minimum atomic E-state index is 0.637. The average molecular weight is 344 g/mol. The van der Waals surface area contributed by atoms with Gasteiger partial charge < -0.3 is 15.0 Å². The smallest absolute Gasteiger partial charge is 0.105 e. The Balaban J connectivity index is 1.85. The number of benzene rings is 1. The van der Waals surface area contributed by atoms with Crippen molar-refractivity contribution in [2.45, 2.75) is 31.8 Å². The van der Waals surface area contributed by atoms with Gasteiger partial charge in [-0.25, -0.2) is 0 Å². The SMILES string of the molecule is NC[C@H]1CC[N+](Cc2cc(Cl)cc(Cl)c2)(C2CCOCC2)C1. The van der Waals surface area contributed by atoms with Crippen molar-refractivity contribution < 1.29 is 9.22 Å². The summed E-state index contributed by atoms with van der Waals surface area (Å²) in [6.45, 7) is 5.94. The Morgan fingerprint density at radius 2 is 1.77 bits per heavy atom. The highest BCUT2D eigenvalue weighted by atomic mass is 35.5. The number of rotatable bonds is 4. The van der Waals surface area contributed by atoms with Gasteiger partial charge in [-0.3, -0.25) is 0 Å². The van der Waals surface area contributed by atoms with Crippen molar-refractivity contribution in [3.63, 3.8) is 0 Å². The van der Waals surface area contributed by atoms with Crippen LogP contribution in [0, 0.1) is 5.92 Å². The number of ether oxygens (including phenoxy) is 1. The van der Waals surface area contributed by atoms with Crippen LogP contribution in [-0.4, -0.2) is 43.4 Å². The number of likely N-dealkylation sites (tertiary alicyclic amines) is 1. The second-order valence-electron chi connectivity index (χ2n) is 6.79. The summed E-state index contributed by atoms with van der Waals surface area (Å²) >= 11 is 12.4. The predicted molar refractivity (Wildman–Crippen MR) is 91.2 cm³/mol. The highest BCUT2D eigenvalue weighted by molar-refractivity contribution is 6.34. The maximum atomic E-state index is 6.19. The summed E-state index contributed by atoms with van der Waals surface area (Å²) in [5.41, 5.74) is 7.19. The zero-order valence-corrected chi connectivity index (χ0v) is 14.5. The molecule has 2 heterocycles. The first-order valence-corrected chi connectivity index (χ1v) is 8.95. The first-order valence-electron chi connectivity index (χ1n) is 8.20. The fourth-order valence-corrected chi connectivity index (χ4v) is 4.80. The van der Waals surface area contributed by atoms with Crippen LogP contribution in [0.4, 0.5) is 0 Å². The molecule has 0 amide bonds. The fourth-order valence-electron chi connectivity index (χ4n) is 4.23. The van der Waals surface area contributed by atoms with Gasteiger partial charge in [-0.2, -0.15) is 0 Å². The summed E-state index contributed by atoms with van der Waals surface area (Å²) in [4.78, 5) is 0. The maximum absolute atomic E-state index is 6.19. The molecule has 0 spiro atoms. The molecule has 0 bridgehead atoms. The first kappa shape index (κ1) is 16.5. The van der Waals surface area contributed by atoms with E-state index in [2.05, 4.69) is 12.1 Å². The van der Waals surface area contributed by atoms with Gasteiger partial charge in [0, 0.05) is 47.3 Å². The van der Waals surface area contributed by atoms with Crippen LogP contribution in [0.2, 0.25) is 10.0 Å². The molecule has 0 aromatic heterocycles. The van der Waals surface area contributed by atoms with Gasteiger partial charge in [-0.15, -0.1) is 0 Å². The number of hydrogen-bond donors (Lipinski definition) is 1. The lowest BCUT2D eigenvalue weighted by Crippen LogP contribution is -2.55. The Labute approximate surface area is 142 Å². The molecule has 0 aliphatic carbocycles. The van der Waals surface area contributed by atoms with Crippen LogP contribution >= 0.6 is 23.2 Å². The molecule has 0 saturated carbocycles. The van der Waals surface area contributed by atoms with Crippen LogP contribution < -0.4 is 5.73 Å². The van der Waals surface area contributed by atoms with Crippen molar-refractivity contribution in [3.05, 3.63) is 33.8 Å². The topological polar surface area (TPSA) is 35.2 Å². The molecule has 2 atom stereocenters. The summed E-state index contributed by atoms with van der Waals surface area (Å²) < 4.78 is 6.70. The zero-order valence-electron chi connectivity index (χ0n) is 12.9. The summed E-state index contributed by atoms with van der Waals surface area (Å²) in [7, 11) is 0. The summed E-state index contributed by atoms with van der Waals surface area (Å²) in [6, 6.07) is 6.59. The van der Waals surface area contributed by atoms with Crippen molar-refractivity contribution in [1.29, 1.82) is 0 Å². The molecule has 2 saturated heterocycles. The van der Waals surface area contributed by atoms with Crippen molar-refractivity contribution >= 4 is 23.2 Å². The van der Waals surface area contributed by atoms with E-state index >= 15 is 0 Å². The lowest BCUT2D eigenvalue weighted by molar-refractivity contribution is -0.955. The Morgan fingerprint density at radius 3 is 2.36 bits per heavy atom. The standard InChI is InChI=1S/C17H25Cl2N2O/c18-15-7-14(8-16(19)9-15)12-21(4-1-13(10-20)11-21)17-2-5-22-6-3-17/h7-9,13,17H,1-6,10-12,20H2/q+1/t13-,21?/m1/s1. The number of nitrogens with two attached hydrogens (primary N) is 1. The molecule has 3 nitrogen and oxygen atoms in total. The highest BCUT2D eigenvalue weighted by Gasteiger charge is 2.44.